The van der Waals surface area contributed by atoms with Crippen molar-refractivity contribution in [3.63, 3.8) is 0 Å². The van der Waals surface area contributed by atoms with Gasteiger partial charge in [0.25, 0.3) is 0 Å². The van der Waals surface area contributed by atoms with Gasteiger partial charge in [-0.25, -0.2) is 0 Å². The van der Waals surface area contributed by atoms with Crippen LogP contribution in [0.25, 0.3) is 0 Å². The molecule has 0 spiro atoms. The molecule has 0 bridgehead atoms. The Bertz CT molecular complexity index is 225. The van der Waals surface area contributed by atoms with Crippen LogP contribution in [0.3, 0.4) is 0 Å². The summed E-state index contributed by atoms with van der Waals surface area (Å²) in [5.74, 6) is -1.89. The molecule has 0 N–H and O–H groups in total. The van der Waals surface area contributed by atoms with Crippen molar-refractivity contribution in [2.45, 2.75) is 45.4 Å². The van der Waals surface area contributed by atoms with Crippen LogP contribution in [0.1, 0.15) is 40.0 Å². The molecule has 1 unspecified atom stereocenters. The predicted octanol–water partition coefficient (Wildman–Crippen LogP) is 2.53. The largest absolute Gasteiger partial charge is 0.465 e. The Kier molecular flexibility index (Phi) is 8.86. The third-order valence-electron chi connectivity index (χ3n) is 2.35. The van der Waals surface area contributed by atoms with Crippen molar-refractivity contribution in [1.29, 1.82) is 0 Å². The molecule has 17 heavy (non-hydrogen) atoms. The molecule has 0 saturated heterocycles. The third kappa shape index (κ3) is 6.51. The minimum atomic E-state index is -0.845. The summed E-state index contributed by atoms with van der Waals surface area (Å²) in [4.78, 5) is 23.2. The summed E-state index contributed by atoms with van der Waals surface area (Å²) < 4.78 is 9.71. The fraction of sp³-hybridized carbons (Fsp3) is 0.833. The molecule has 0 aromatic rings. The summed E-state index contributed by atoms with van der Waals surface area (Å²) >= 11 is 5.97. The van der Waals surface area contributed by atoms with Crippen molar-refractivity contribution < 1.29 is 19.1 Å². The van der Waals surface area contributed by atoms with E-state index in [4.69, 9.17) is 21.1 Å². The number of rotatable bonds is 8. The summed E-state index contributed by atoms with van der Waals surface area (Å²) in [6.45, 7) is 5.88. The normalized spacial score (nSPS) is 12.3. The first-order valence-electron chi connectivity index (χ1n) is 6.04. The van der Waals surface area contributed by atoms with Crippen LogP contribution in [0, 0.1) is 5.92 Å². The molecule has 0 rings (SSSR count). The second-order valence-electron chi connectivity index (χ2n) is 3.64. The van der Waals surface area contributed by atoms with E-state index in [0.717, 1.165) is 6.42 Å². The van der Waals surface area contributed by atoms with E-state index in [0.29, 0.717) is 12.8 Å². The van der Waals surface area contributed by atoms with Gasteiger partial charge in [0.05, 0.1) is 13.2 Å². The minimum absolute atomic E-state index is 0.0265. The monoisotopic (exact) mass is 264 g/mol. The van der Waals surface area contributed by atoms with E-state index >= 15 is 0 Å². The molecular formula is C12H21ClO4. The molecule has 4 nitrogen and oxygen atoms in total. The fourth-order valence-electron chi connectivity index (χ4n) is 1.37. The third-order valence-corrected chi connectivity index (χ3v) is 2.88. The van der Waals surface area contributed by atoms with Crippen molar-refractivity contribution in [1.82, 2.24) is 0 Å². The summed E-state index contributed by atoms with van der Waals surface area (Å²) in [7, 11) is 0. The first-order chi connectivity index (χ1) is 8.06. The standard InChI is InChI=1S/C12H21ClO4/c1-4-9(13)7-8-10(11(14)16-5-2)12(15)17-6-3/h9-10H,4-8H2,1-3H3. The summed E-state index contributed by atoms with van der Waals surface area (Å²) in [6.07, 6.45) is 1.78. The van der Waals surface area contributed by atoms with Crippen LogP contribution in [0.15, 0.2) is 0 Å². The van der Waals surface area contributed by atoms with Gasteiger partial charge in [0.1, 0.15) is 0 Å². The molecule has 0 fully saturated rings. The van der Waals surface area contributed by atoms with Crippen LogP contribution in [-0.4, -0.2) is 30.5 Å². The average Bonchev–Trinajstić information content (AvgIpc) is 2.29. The second-order valence-corrected chi connectivity index (χ2v) is 4.26. The van der Waals surface area contributed by atoms with Crippen LogP contribution < -0.4 is 0 Å². The smallest absolute Gasteiger partial charge is 0.320 e. The zero-order valence-corrected chi connectivity index (χ0v) is 11.5. The van der Waals surface area contributed by atoms with E-state index < -0.39 is 17.9 Å². The number of alkyl halides is 1. The highest BCUT2D eigenvalue weighted by Gasteiger charge is 2.29. The van der Waals surface area contributed by atoms with Gasteiger partial charge in [-0.15, -0.1) is 11.6 Å². The summed E-state index contributed by atoms with van der Waals surface area (Å²) in [5.41, 5.74) is 0. The van der Waals surface area contributed by atoms with Crippen LogP contribution in [0.5, 0.6) is 0 Å². The lowest BCUT2D eigenvalue weighted by Crippen LogP contribution is -2.28. The van der Waals surface area contributed by atoms with E-state index in [9.17, 15) is 9.59 Å². The lowest BCUT2D eigenvalue weighted by atomic mass is 10.0. The Morgan fingerprint density at radius 2 is 1.47 bits per heavy atom. The van der Waals surface area contributed by atoms with Gasteiger partial charge in [-0.2, -0.15) is 0 Å². The van der Waals surface area contributed by atoms with Gasteiger partial charge in [0.2, 0.25) is 0 Å². The minimum Gasteiger partial charge on any atom is -0.465 e. The van der Waals surface area contributed by atoms with Gasteiger partial charge in [0.15, 0.2) is 5.92 Å². The van der Waals surface area contributed by atoms with E-state index in [2.05, 4.69) is 0 Å². The van der Waals surface area contributed by atoms with Gasteiger partial charge in [-0.05, 0) is 33.1 Å². The highest BCUT2D eigenvalue weighted by molar-refractivity contribution is 6.20. The van der Waals surface area contributed by atoms with Crippen LogP contribution in [-0.2, 0) is 19.1 Å². The predicted molar refractivity (Wildman–Crippen MR) is 65.9 cm³/mol. The maximum Gasteiger partial charge on any atom is 0.320 e. The van der Waals surface area contributed by atoms with Gasteiger partial charge in [0, 0.05) is 5.38 Å². The Morgan fingerprint density at radius 1 is 1.00 bits per heavy atom. The lowest BCUT2D eigenvalue weighted by molar-refractivity contribution is -0.161. The summed E-state index contributed by atoms with van der Waals surface area (Å²) in [6, 6.07) is 0. The number of carbonyl (C=O) groups is 2. The number of hydrogen-bond donors (Lipinski definition) is 0. The molecule has 0 aromatic heterocycles. The van der Waals surface area contributed by atoms with Crippen molar-refractivity contribution >= 4 is 23.5 Å². The van der Waals surface area contributed by atoms with Gasteiger partial charge < -0.3 is 9.47 Å². The molecular weight excluding hydrogens is 244 g/mol. The van der Waals surface area contributed by atoms with Crippen LogP contribution in [0.4, 0.5) is 0 Å². The molecule has 0 radical (unpaired) electrons. The van der Waals surface area contributed by atoms with Crippen molar-refractivity contribution in [2.24, 2.45) is 5.92 Å². The second kappa shape index (κ2) is 9.28. The first-order valence-corrected chi connectivity index (χ1v) is 6.47. The molecule has 100 valence electrons. The number of carbonyl (C=O) groups excluding carboxylic acids is 2. The fourth-order valence-corrected chi connectivity index (χ4v) is 1.50. The average molecular weight is 265 g/mol. The Hall–Kier alpha value is -0.770. The van der Waals surface area contributed by atoms with Crippen molar-refractivity contribution in [2.75, 3.05) is 13.2 Å². The molecule has 0 aliphatic heterocycles. The molecule has 5 heteroatoms. The highest BCUT2D eigenvalue weighted by atomic mass is 35.5. The number of ether oxygens (including phenoxy) is 2. The highest BCUT2D eigenvalue weighted by Crippen LogP contribution is 2.17. The zero-order chi connectivity index (χ0) is 13.3. The van der Waals surface area contributed by atoms with Crippen molar-refractivity contribution in [3.8, 4) is 0 Å². The Morgan fingerprint density at radius 3 is 1.82 bits per heavy atom. The molecule has 1 atom stereocenters. The van der Waals surface area contributed by atoms with E-state index in [-0.39, 0.29) is 18.6 Å². The Balaban J connectivity index is 4.39. The quantitative estimate of drug-likeness (QED) is 0.384. The number of halogens is 1. The topological polar surface area (TPSA) is 52.6 Å². The molecule has 0 heterocycles. The molecule has 0 saturated carbocycles. The van der Waals surface area contributed by atoms with Crippen molar-refractivity contribution in [3.05, 3.63) is 0 Å². The lowest BCUT2D eigenvalue weighted by Gasteiger charge is -2.15. The molecule has 0 aromatic carbocycles. The maximum atomic E-state index is 11.6. The Labute approximate surface area is 108 Å². The van der Waals surface area contributed by atoms with E-state index in [1.807, 2.05) is 6.92 Å². The van der Waals surface area contributed by atoms with Gasteiger partial charge >= 0.3 is 11.9 Å². The first kappa shape index (κ1) is 16.2. The maximum absolute atomic E-state index is 11.6. The molecule has 0 aliphatic carbocycles. The molecule has 0 amide bonds. The number of esters is 2. The van der Waals surface area contributed by atoms with E-state index in [1.165, 1.54) is 0 Å². The zero-order valence-electron chi connectivity index (χ0n) is 10.7. The molecule has 0 aliphatic rings. The van der Waals surface area contributed by atoms with Crippen LogP contribution >= 0.6 is 11.6 Å². The number of hydrogen-bond acceptors (Lipinski definition) is 4. The van der Waals surface area contributed by atoms with Crippen LogP contribution in [0.2, 0.25) is 0 Å². The van der Waals surface area contributed by atoms with Gasteiger partial charge in [-0.1, -0.05) is 6.92 Å². The van der Waals surface area contributed by atoms with Gasteiger partial charge in [-0.3, -0.25) is 9.59 Å². The SMILES string of the molecule is CCOC(=O)C(CCC(Cl)CC)C(=O)OCC. The van der Waals surface area contributed by atoms with E-state index in [1.54, 1.807) is 13.8 Å². The summed E-state index contributed by atoms with van der Waals surface area (Å²) in [5, 5.41) is -0.0265.